The Bertz CT molecular complexity index is 577. The van der Waals surface area contributed by atoms with Crippen molar-refractivity contribution in [2.24, 2.45) is 5.92 Å². The molecule has 1 amide bonds. The number of hydrogen-bond acceptors (Lipinski definition) is 3. The number of aliphatic hydroxyl groups is 2. The number of carbonyl (C=O) groups excluding carboxylic acids is 1. The molecule has 5 heteroatoms. The summed E-state index contributed by atoms with van der Waals surface area (Å²) in [6, 6.07) is 4.98. The summed E-state index contributed by atoms with van der Waals surface area (Å²) in [5.74, 6) is 5.35. The van der Waals surface area contributed by atoms with E-state index >= 15 is 0 Å². The van der Waals surface area contributed by atoms with Gasteiger partial charge in [-0.2, -0.15) is 0 Å². The number of aliphatic hydroxyl groups excluding tert-OH is 2. The van der Waals surface area contributed by atoms with Gasteiger partial charge in [-0.25, -0.2) is 0 Å². The Labute approximate surface area is 129 Å². The van der Waals surface area contributed by atoms with Gasteiger partial charge in [0.25, 0.3) is 5.91 Å². The van der Waals surface area contributed by atoms with Gasteiger partial charge in [-0.1, -0.05) is 23.4 Å². The molecule has 112 valence electrons. The SMILES string of the molecule is O=C(c1ccc(C#CCO)c(Cl)c1)N1CCCC(CO)C1. The van der Waals surface area contributed by atoms with Crippen LogP contribution < -0.4 is 0 Å². The zero-order valence-electron chi connectivity index (χ0n) is 11.7. The third-order valence-electron chi connectivity index (χ3n) is 3.58. The van der Waals surface area contributed by atoms with E-state index in [2.05, 4.69) is 11.8 Å². The van der Waals surface area contributed by atoms with E-state index in [1.54, 1.807) is 23.1 Å². The second-order valence-electron chi connectivity index (χ2n) is 5.10. The van der Waals surface area contributed by atoms with Crippen molar-refractivity contribution in [2.75, 3.05) is 26.3 Å². The van der Waals surface area contributed by atoms with Gasteiger partial charge in [-0.15, -0.1) is 0 Å². The van der Waals surface area contributed by atoms with Crippen LogP contribution >= 0.6 is 11.6 Å². The molecule has 0 saturated carbocycles. The van der Waals surface area contributed by atoms with Crippen molar-refractivity contribution in [1.82, 2.24) is 4.90 Å². The minimum Gasteiger partial charge on any atom is -0.396 e. The molecule has 1 fully saturated rings. The lowest BCUT2D eigenvalue weighted by molar-refractivity contribution is 0.0620. The molecule has 1 heterocycles. The molecule has 1 aliphatic heterocycles. The highest BCUT2D eigenvalue weighted by Crippen LogP contribution is 2.21. The van der Waals surface area contributed by atoms with Gasteiger partial charge in [-0.3, -0.25) is 4.79 Å². The maximum atomic E-state index is 12.4. The van der Waals surface area contributed by atoms with E-state index in [1.807, 2.05) is 0 Å². The number of likely N-dealkylation sites (tertiary alicyclic amines) is 1. The number of carbonyl (C=O) groups is 1. The second-order valence-corrected chi connectivity index (χ2v) is 5.50. The standard InChI is InChI=1S/C16H18ClNO3/c17-15-9-14(6-5-13(15)4-2-8-19)16(21)18-7-1-3-12(10-18)11-20/h5-6,9,12,19-20H,1,3,7-8,10-11H2. The topological polar surface area (TPSA) is 60.8 Å². The van der Waals surface area contributed by atoms with Gasteiger partial charge in [0.1, 0.15) is 6.61 Å². The summed E-state index contributed by atoms with van der Waals surface area (Å²) in [6.07, 6.45) is 1.86. The molecule has 1 aromatic carbocycles. The summed E-state index contributed by atoms with van der Waals surface area (Å²) >= 11 is 6.11. The largest absolute Gasteiger partial charge is 0.396 e. The highest BCUT2D eigenvalue weighted by Gasteiger charge is 2.24. The van der Waals surface area contributed by atoms with Crippen LogP contribution in [0.25, 0.3) is 0 Å². The van der Waals surface area contributed by atoms with Crippen LogP contribution in [-0.4, -0.2) is 47.3 Å². The molecular formula is C16H18ClNO3. The minimum atomic E-state index is -0.229. The second kappa shape index (κ2) is 7.46. The molecule has 2 N–H and O–H groups in total. The Morgan fingerprint density at radius 3 is 2.90 bits per heavy atom. The van der Waals surface area contributed by atoms with Gasteiger partial charge in [0.05, 0.1) is 5.02 Å². The van der Waals surface area contributed by atoms with E-state index < -0.39 is 0 Å². The lowest BCUT2D eigenvalue weighted by Crippen LogP contribution is -2.40. The Morgan fingerprint density at radius 2 is 2.24 bits per heavy atom. The summed E-state index contributed by atoms with van der Waals surface area (Å²) in [5, 5.41) is 18.3. The smallest absolute Gasteiger partial charge is 0.253 e. The lowest BCUT2D eigenvalue weighted by atomic mass is 9.98. The van der Waals surface area contributed by atoms with E-state index in [-0.39, 0.29) is 25.0 Å². The summed E-state index contributed by atoms with van der Waals surface area (Å²) < 4.78 is 0. The Kier molecular flexibility index (Phi) is 5.63. The molecule has 1 saturated heterocycles. The molecule has 1 aliphatic rings. The molecule has 0 spiro atoms. The van der Waals surface area contributed by atoms with E-state index in [0.717, 1.165) is 12.8 Å². The predicted molar refractivity (Wildman–Crippen MR) is 81.1 cm³/mol. The number of halogens is 1. The number of benzene rings is 1. The van der Waals surface area contributed by atoms with E-state index in [0.29, 0.717) is 29.2 Å². The molecule has 1 aromatic rings. The van der Waals surface area contributed by atoms with Crippen LogP contribution in [0.1, 0.15) is 28.8 Å². The van der Waals surface area contributed by atoms with Crippen molar-refractivity contribution in [2.45, 2.75) is 12.8 Å². The monoisotopic (exact) mass is 307 g/mol. The van der Waals surface area contributed by atoms with Crippen molar-refractivity contribution in [1.29, 1.82) is 0 Å². The van der Waals surface area contributed by atoms with E-state index in [4.69, 9.17) is 16.7 Å². The number of amides is 1. The maximum absolute atomic E-state index is 12.4. The molecule has 2 rings (SSSR count). The summed E-state index contributed by atoms with van der Waals surface area (Å²) in [7, 11) is 0. The van der Waals surface area contributed by atoms with Gasteiger partial charge < -0.3 is 15.1 Å². The van der Waals surface area contributed by atoms with Crippen molar-refractivity contribution >= 4 is 17.5 Å². The highest BCUT2D eigenvalue weighted by atomic mass is 35.5. The third kappa shape index (κ3) is 3.98. The zero-order valence-corrected chi connectivity index (χ0v) is 12.4. The predicted octanol–water partition coefficient (Wildman–Crippen LogP) is 1.53. The van der Waals surface area contributed by atoms with Crippen LogP contribution in [0.4, 0.5) is 0 Å². The Hall–Kier alpha value is -1.54. The van der Waals surface area contributed by atoms with Crippen LogP contribution in [0, 0.1) is 17.8 Å². The molecule has 0 radical (unpaired) electrons. The van der Waals surface area contributed by atoms with Crippen molar-refractivity contribution in [3.05, 3.63) is 34.3 Å². The van der Waals surface area contributed by atoms with Crippen LogP contribution in [0.2, 0.25) is 5.02 Å². The van der Waals surface area contributed by atoms with Crippen molar-refractivity contribution in [3.8, 4) is 11.8 Å². The van der Waals surface area contributed by atoms with E-state index in [1.165, 1.54) is 0 Å². The Morgan fingerprint density at radius 1 is 1.43 bits per heavy atom. The average Bonchev–Trinajstić information content (AvgIpc) is 2.53. The summed E-state index contributed by atoms with van der Waals surface area (Å²) in [6.45, 7) is 1.17. The maximum Gasteiger partial charge on any atom is 0.253 e. The van der Waals surface area contributed by atoms with Gasteiger partial charge in [-0.05, 0) is 37.0 Å². The molecule has 21 heavy (non-hydrogen) atoms. The number of nitrogens with zero attached hydrogens (tertiary/aromatic N) is 1. The number of rotatable bonds is 2. The average molecular weight is 308 g/mol. The van der Waals surface area contributed by atoms with E-state index in [9.17, 15) is 9.90 Å². The fourth-order valence-electron chi connectivity index (χ4n) is 2.47. The first-order valence-corrected chi connectivity index (χ1v) is 7.33. The van der Waals surface area contributed by atoms with Gasteiger partial charge in [0, 0.05) is 30.8 Å². The molecule has 1 unspecified atom stereocenters. The minimum absolute atomic E-state index is 0.0725. The number of hydrogen-bond donors (Lipinski definition) is 2. The summed E-state index contributed by atoms with van der Waals surface area (Å²) in [5.41, 5.74) is 1.11. The third-order valence-corrected chi connectivity index (χ3v) is 3.90. The first-order valence-electron chi connectivity index (χ1n) is 6.95. The molecule has 0 aromatic heterocycles. The molecule has 1 atom stereocenters. The van der Waals surface area contributed by atoms with Crippen LogP contribution in [0.15, 0.2) is 18.2 Å². The molecule has 4 nitrogen and oxygen atoms in total. The fraction of sp³-hybridized carbons (Fsp3) is 0.438. The molecule has 0 aliphatic carbocycles. The lowest BCUT2D eigenvalue weighted by Gasteiger charge is -2.32. The zero-order chi connectivity index (χ0) is 15.2. The first-order chi connectivity index (χ1) is 10.2. The molecule has 0 bridgehead atoms. The van der Waals surface area contributed by atoms with Gasteiger partial charge in [0.15, 0.2) is 0 Å². The first kappa shape index (κ1) is 15.8. The van der Waals surface area contributed by atoms with Crippen molar-refractivity contribution < 1.29 is 15.0 Å². The fourth-order valence-corrected chi connectivity index (χ4v) is 2.69. The quantitative estimate of drug-likeness (QED) is 0.815. The van der Waals surface area contributed by atoms with Crippen LogP contribution in [0.5, 0.6) is 0 Å². The molecular weight excluding hydrogens is 290 g/mol. The number of piperidine rings is 1. The summed E-state index contributed by atoms with van der Waals surface area (Å²) in [4.78, 5) is 14.2. The van der Waals surface area contributed by atoms with Crippen LogP contribution in [0.3, 0.4) is 0 Å². The Balaban J connectivity index is 2.14. The van der Waals surface area contributed by atoms with Gasteiger partial charge >= 0.3 is 0 Å². The highest BCUT2D eigenvalue weighted by molar-refractivity contribution is 6.32. The van der Waals surface area contributed by atoms with Crippen molar-refractivity contribution in [3.63, 3.8) is 0 Å². The van der Waals surface area contributed by atoms with Crippen LogP contribution in [-0.2, 0) is 0 Å². The van der Waals surface area contributed by atoms with Gasteiger partial charge in [0.2, 0.25) is 0 Å². The normalized spacial score (nSPS) is 18.0.